The number of methoxy groups -OCH3 is 2. The SMILES string of the molecule is COc1ccc(N2C(=O)C3CC4C(CC3C2=O)C2CC4C3C4C=CC(C4)C23)c(OC)c1. The number of benzene rings is 1. The minimum absolute atomic E-state index is 0.0240. The molecule has 5 aliphatic carbocycles. The summed E-state index contributed by atoms with van der Waals surface area (Å²) in [6.07, 6.45) is 9.47. The largest absolute Gasteiger partial charge is 0.497 e. The smallest absolute Gasteiger partial charge is 0.237 e. The van der Waals surface area contributed by atoms with Gasteiger partial charge in [-0.3, -0.25) is 9.59 Å². The lowest BCUT2D eigenvalue weighted by molar-refractivity contribution is -0.124. The van der Waals surface area contributed by atoms with Crippen LogP contribution in [0.5, 0.6) is 11.5 Å². The minimum atomic E-state index is -0.160. The molecule has 0 spiro atoms. The second kappa shape index (κ2) is 6.14. The molecule has 7 rings (SSSR count). The Labute approximate surface area is 182 Å². The van der Waals surface area contributed by atoms with Crippen LogP contribution in [0.3, 0.4) is 0 Å². The van der Waals surface area contributed by atoms with Gasteiger partial charge in [0.2, 0.25) is 11.8 Å². The molecule has 5 nitrogen and oxygen atoms in total. The zero-order valence-corrected chi connectivity index (χ0v) is 18.1. The Morgan fingerprint density at radius 2 is 1.39 bits per heavy atom. The first kappa shape index (κ1) is 18.3. The van der Waals surface area contributed by atoms with E-state index in [-0.39, 0.29) is 23.7 Å². The zero-order chi connectivity index (χ0) is 21.0. The fourth-order valence-corrected chi connectivity index (χ4v) is 9.10. The van der Waals surface area contributed by atoms with Crippen molar-refractivity contribution in [2.24, 2.45) is 59.2 Å². The number of hydrogen-bond acceptors (Lipinski definition) is 4. The molecule has 5 heteroatoms. The number of carbonyl (C=O) groups excluding carboxylic acids is 2. The summed E-state index contributed by atoms with van der Waals surface area (Å²) >= 11 is 0. The molecule has 0 aromatic heterocycles. The van der Waals surface area contributed by atoms with Crippen molar-refractivity contribution >= 4 is 17.5 Å². The lowest BCUT2D eigenvalue weighted by Crippen LogP contribution is -2.43. The quantitative estimate of drug-likeness (QED) is 0.423. The Hall–Kier alpha value is -2.30. The van der Waals surface area contributed by atoms with E-state index in [0.717, 1.165) is 48.3 Å². The number of amides is 2. The van der Waals surface area contributed by atoms with Crippen molar-refractivity contribution < 1.29 is 19.1 Å². The summed E-state index contributed by atoms with van der Waals surface area (Å²) in [6.45, 7) is 0. The van der Waals surface area contributed by atoms with Crippen molar-refractivity contribution in [2.75, 3.05) is 19.1 Å². The molecule has 0 N–H and O–H groups in total. The summed E-state index contributed by atoms with van der Waals surface area (Å²) in [5, 5.41) is 0. The van der Waals surface area contributed by atoms with E-state index < -0.39 is 0 Å². The molecule has 162 valence electrons. The molecule has 1 aliphatic heterocycles. The maximum atomic E-state index is 13.5. The molecule has 1 aromatic carbocycles. The Morgan fingerprint density at radius 3 is 1.94 bits per heavy atom. The summed E-state index contributed by atoms with van der Waals surface area (Å²) in [4.78, 5) is 28.5. The summed E-state index contributed by atoms with van der Waals surface area (Å²) in [6, 6.07) is 5.32. The van der Waals surface area contributed by atoms with Crippen LogP contribution in [0.25, 0.3) is 0 Å². The number of anilines is 1. The van der Waals surface area contributed by atoms with Crippen LogP contribution < -0.4 is 14.4 Å². The number of rotatable bonds is 3. The highest BCUT2D eigenvalue weighted by molar-refractivity contribution is 6.22. The van der Waals surface area contributed by atoms with Gasteiger partial charge in [0, 0.05) is 6.07 Å². The number of carbonyl (C=O) groups is 2. The monoisotopic (exact) mass is 419 g/mol. The second-order valence-corrected chi connectivity index (χ2v) is 10.7. The van der Waals surface area contributed by atoms with E-state index in [1.54, 1.807) is 32.4 Å². The van der Waals surface area contributed by atoms with E-state index in [9.17, 15) is 9.59 Å². The Morgan fingerprint density at radius 1 is 0.774 bits per heavy atom. The normalized spacial score (nSPS) is 45.8. The predicted octanol–water partition coefficient (Wildman–Crippen LogP) is 3.92. The van der Waals surface area contributed by atoms with Gasteiger partial charge in [0.25, 0.3) is 0 Å². The predicted molar refractivity (Wildman–Crippen MR) is 115 cm³/mol. The third-order valence-corrected chi connectivity index (χ3v) is 10.0. The van der Waals surface area contributed by atoms with Gasteiger partial charge in [-0.15, -0.1) is 0 Å². The average molecular weight is 420 g/mol. The van der Waals surface area contributed by atoms with E-state index in [1.165, 1.54) is 17.7 Å². The van der Waals surface area contributed by atoms with Crippen molar-refractivity contribution in [3.05, 3.63) is 30.4 Å². The molecule has 31 heavy (non-hydrogen) atoms. The fraction of sp³-hybridized carbons (Fsp3) is 0.615. The zero-order valence-electron chi connectivity index (χ0n) is 18.1. The van der Waals surface area contributed by atoms with E-state index in [4.69, 9.17) is 9.47 Å². The van der Waals surface area contributed by atoms with Crippen molar-refractivity contribution in [3.8, 4) is 11.5 Å². The highest BCUT2D eigenvalue weighted by atomic mass is 16.5. The molecular weight excluding hydrogens is 390 g/mol. The van der Waals surface area contributed by atoms with Crippen molar-refractivity contribution in [1.82, 2.24) is 0 Å². The first-order valence-electron chi connectivity index (χ1n) is 11.9. The van der Waals surface area contributed by atoms with Gasteiger partial charge in [0.15, 0.2) is 0 Å². The maximum absolute atomic E-state index is 13.5. The van der Waals surface area contributed by atoms with Crippen LogP contribution in [-0.2, 0) is 9.59 Å². The van der Waals surface area contributed by atoms with Gasteiger partial charge in [-0.05, 0) is 85.2 Å². The van der Waals surface area contributed by atoms with Gasteiger partial charge >= 0.3 is 0 Å². The third-order valence-electron chi connectivity index (χ3n) is 10.0. The lowest BCUT2D eigenvalue weighted by atomic mass is 9.57. The van der Waals surface area contributed by atoms with Gasteiger partial charge in [-0.25, -0.2) is 4.90 Å². The van der Waals surface area contributed by atoms with Crippen LogP contribution in [0.1, 0.15) is 25.7 Å². The van der Waals surface area contributed by atoms with Crippen LogP contribution >= 0.6 is 0 Å². The highest BCUT2D eigenvalue weighted by Gasteiger charge is 2.67. The molecule has 0 radical (unpaired) electrons. The molecule has 2 amide bonds. The molecule has 1 saturated heterocycles. The number of fused-ring (bicyclic) bond motifs is 13. The number of nitrogens with zero attached hydrogens (tertiary/aromatic N) is 1. The van der Waals surface area contributed by atoms with E-state index >= 15 is 0 Å². The van der Waals surface area contributed by atoms with Crippen LogP contribution in [0, 0.1) is 59.2 Å². The summed E-state index contributed by atoms with van der Waals surface area (Å²) in [5.41, 5.74) is 0.556. The van der Waals surface area contributed by atoms with Crippen LogP contribution in [0.15, 0.2) is 30.4 Å². The van der Waals surface area contributed by atoms with E-state index in [0.29, 0.717) is 29.0 Å². The minimum Gasteiger partial charge on any atom is -0.497 e. The topological polar surface area (TPSA) is 55.8 Å². The third kappa shape index (κ3) is 2.18. The van der Waals surface area contributed by atoms with E-state index in [2.05, 4.69) is 12.2 Å². The van der Waals surface area contributed by atoms with Gasteiger partial charge in [0.05, 0.1) is 31.7 Å². The summed E-state index contributed by atoms with van der Waals surface area (Å²) < 4.78 is 10.8. The molecule has 6 aliphatic rings. The first-order chi connectivity index (χ1) is 15.1. The molecule has 1 aromatic rings. The van der Waals surface area contributed by atoms with Crippen molar-refractivity contribution in [1.29, 1.82) is 0 Å². The summed E-state index contributed by atoms with van der Waals surface area (Å²) in [7, 11) is 3.17. The Bertz CT molecular complexity index is 967. The van der Waals surface area contributed by atoms with Gasteiger partial charge in [-0.2, -0.15) is 0 Å². The van der Waals surface area contributed by atoms with Crippen LogP contribution in [-0.4, -0.2) is 26.0 Å². The van der Waals surface area contributed by atoms with Crippen LogP contribution in [0.4, 0.5) is 5.69 Å². The Kier molecular flexibility index (Phi) is 3.62. The average Bonchev–Trinajstić information content (AvgIpc) is 3.59. The fourth-order valence-electron chi connectivity index (χ4n) is 9.10. The number of imide groups is 1. The first-order valence-corrected chi connectivity index (χ1v) is 11.9. The highest BCUT2D eigenvalue weighted by Crippen LogP contribution is 2.71. The number of allylic oxidation sites excluding steroid dienone is 2. The molecule has 5 fully saturated rings. The van der Waals surface area contributed by atoms with Gasteiger partial charge in [0.1, 0.15) is 11.5 Å². The summed E-state index contributed by atoms with van der Waals surface area (Å²) in [5.74, 6) is 6.87. The molecule has 1 heterocycles. The lowest BCUT2D eigenvalue weighted by Gasteiger charge is -2.46. The standard InChI is InChI=1S/C26H29NO4/c1-30-14-5-6-21(22(8-14)31-2)27-25(28)19-9-15-16(10-20(19)26(27)29)18-11-17(15)23-12-3-4-13(7-12)24(18)23/h3-6,8,12-13,15-20,23-24H,7,9-11H2,1-2H3. The van der Waals surface area contributed by atoms with Crippen LogP contribution in [0.2, 0.25) is 0 Å². The Balaban J connectivity index is 1.21. The maximum Gasteiger partial charge on any atom is 0.237 e. The van der Waals surface area contributed by atoms with Crippen molar-refractivity contribution in [2.45, 2.75) is 25.7 Å². The molecule has 4 saturated carbocycles. The van der Waals surface area contributed by atoms with E-state index in [1.807, 2.05) is 0 Å². The molecule has 4 bridgehead atoms. The number of hydrogen-bond donors (Lipinski definition) is 0. The second-order valence-electron chi connectivity index (χ2n) is 10.7. The van der Waals surface area contributed by atoms with Crippen molar-refractivity contribution in [3.63, 3.8) is 0 Å². The van der Waals surface area contributed by atoms with Gasteiger partial charge < -0.3 is 9.47 Å². The van der Waals surface area contributed by atoms with Gasteiger partial charge in [-0.1, -0.05) is 12.2 Å². The number of ether oxygens (including phenoxy) is 2. The molecular formula is C26H29NO4. The molecule has 10 unspecified atom stereocenters. The molecule has 10 atom stereocenters.